The number of ketones is 1. The summed E-state index contributed by atoms with van der Waals surface area (Å²) in [6.45, 7) is 12.1. The Balaban J connectivity index is 1.73. The van der Waals surface area contributed by atoms with Gasteiger partial charge in [-0.25, -0.2) is 0 Å². The SMILES string of the molecule is C=C1/C(=C\C=C2CCC[C@@]3(C)C2CC[C@@H]3[C@H](C)CC(=O)CC(C)(C)O)C[C@@H](O)C[C@H]1O. The van der Waals surface area contributed by atoms with Gasteiger partial charge < -0.3 is 15.3 Å². The topological polar surface area (TPSA) is 77.8 Å². The van der Waals surface area contributed by atoms with Gasteiger partial charge in [-0.05, 0) is 86.7 Å². The van der Waals surface area contributed by atoms with Crippen molar-refractivity contribution in [2.75, 3.05) is 0 Å². The van der Waals surface area contributed by atoms with Gasteiger partial charge in [0.25, 0.3) is 0 Å². The van der Waals surface area contributed by atoms with E-state index >= 15 is 0 Å². The summed E-state index contributed by atoms with van der Waals surface area (Å²) < 4.78 is 0. The van der Waals surface area contributed by atoms with Gasteiger partial charge in [0.1, 0.15) is 5.78 Å². The summed E-state index contributed by atoms with van der Waals surface area (Å²) in [6, 6.07) is 0. The number of aliphatic hydroxyl groups excluding tert-OH is 2. The fraction of sp³-hybridized carbons (Fsp3) is 0.741. The first-order valence-corrected chi connectivity index (χ1v) is 12.1. The zero-order chi connectivity index (χ0) is 23.0. The lowest BCUT2D eigenvalue weighted by atomic mass is 9.60. The molecule has 0 saturated heterocycles. The highest BCUT2D eigenvalue weighted by Gasteiger charge is 2.50. The third-order valence-electron chi connectivity index (χ3n) is 8.17. The highest BCUT2D eigenvalue weighted by atomic mass is 16.3. The van der Waals surface area contributed by atoms with E-state index in [1.54, 1.807) is 13.8 Å². The first-order valence-electron chi connectivity index (χ1n) is 12.1. The number of carbonyl (C=O) groups is 1. The van der Waals surface area contributed by atoms with E-state index in [1.807, 2.05) is 0 Å². The third kappa shape index (κ3) is 5.58. The molecule has 0 spiro atoms. The van der Waals surface area contributed by atoms with Crippen LogP contribution in [-0.4, -0.2) is 38.9 Å². The van der Waals surface area contributed by atoms with E-state index in [9.17, 15) is 20.1 Å². The molecule has 0 amide bonds. The number of Topliss-reactive ketones (excluding diaryl/α,β-unsaturated/α-hetero) is 1. The summed E-state index contributed by atoms with van der Waals surface area (Å²) in [5, 5.41) is 30.1. The Kier molecular flexibility index (Phi) is 7.35. The second-order valence-corrected chi connectivity index (χ2v) is 11.4. The molecule has 174 valence electrons. The molecule has 0 radical (unpaired) electrons. The van der Waals surface area contributed by atoms with Crippen molar-refractivity contribution in [3.8, 4) is 0 Å². The van der Waals surface area contributed by atoms with Crippen molar-refractivity contribution in [3.63, 3.8) is 0 Å². The highest BCUT2D eigenvalue weighted by Crippen LogP contribution is 2.59. The quantitative estimate of drug-likeness (QED) is 0.561. The Morgan fingerprint density at radius 3 is 2.68 bits per heavy atom. The van der Waals surface area contributed by atoms with Gasteiger partial charge in [0.2, 0.25) is 0 Å². The normalized spacial score (nSPS) is 37.8. The predicted octanol–water partition coefficient (Wildman–Crippen LogP) is 4.88. The van der Waals surface area contributed by atoms with Crippen LogP contribution < -0.4 is 0 Å². The molecule has 31 heavy (non-hydrogen) atoms. The summed E-state index contributed by atoms with van der Waals surface area (Å²) >= 11 is 0. The molecule has 3 aliphatic rings. The Morgan fingerprint density at radius 2 is 2.00 bits per heavy atom. The molecule has 0 heterocycles. The fourth-order valence-corrected chi connectivity index (χ4v) is 6.74. The molecule has 0 aromatic heterocycles. The van der Waals surface area contributed by atoms with Crippen LogP contribution in [-0.2, 0) is 4.79 Å². The average molecular weight is 431 g/mol. The minimum atomic E-state index is -0.933. The molecule has 3 aliphatic carbocycles. The fourth-order valence-electron chi connectivity index (χ4n) is 6.74. The minimum Gasteiger partial charge on any atom is -0.393 e. The minimum absolute atomic E-state index is 0.163. The molecule has 3 rings (SSSR count). The second-order valence-electron chi connectivity index (χ2n) is 11.4. The molecule has 3 saturated carbocycles. The molecule has 0 aromatic rings. The molecule has 6 atom stereocenters. The number of aliphatic hydroxyl groups is 3. The van der Waals surface area contributed by atoms with E-state index in [-0.39, 0.29) is 17.6 Å². The van der Waals surface area contributed by atoms with Crippen molar-refractivity contribution in [1.82, 2.24) is 0 Å². The summed E-state index contributed by atoms with van der Waals surface area (Å²) in [6.07, 6.45) is 10.6. The maximum absolute atomic E-state index is 12.5. The molecule has 4 heteroatoms. The molecule has 3 N–H and O–H groups in total. The van der Waals surface area contributed by atoms with E-state index in [4.69, 9.17) is 0 Å². The van der Waals surface area contributed by atoms with Gasteiger partial charge in [0.15, 0.2) is 0 Å². The van der Waals surface area contributed by atoms with E-state index < -0.39 is 17.8 Å². The van der Waals surface area contributed by atoms with Gasteiger partial charge in [-0.1, -0.05) is 38.2 Å². The largest absolute Gasteiger partial charge is 0.393 e. The molecular formula is C27H42O4. The first kappa shape index (κ1) is 24.4. The Bertz CT molecular complexity index is 756. The molecule has 3 fully saturated rings. The van der Waals surface area contributed by atoms with Gasteiger partial charge >= 0.3 is 0 Å². The lowest BCUT2D eigenvalue weighted by Gasteiger charge is -2.44. The van der Waals surface area contributed by atoms with Crippen LogP contribution in [0.3, 0.4) is 0 Å². The number of carbonyl (C=O) groups excluding carboxylic acids is 1. The van der Waals surface area contributed by atoms with Crippen LogP contribution in [0.1, 0.15) is 85.5 Å². The van der Waals surface area contributed by atoms with Crippen LogP contribution in [0.4, 0.5) is 0 Å². The highest BCUT2D eigenvalue weighted by molar-refractivity contribution is 5.79. The standard InChI is InChI=1S/C27H42O4/c1-17(13-22(29)16-26(3,4)31)23-10-11-24-19(7-6-12-27(23,24)5)8-9-20-14-21(28)15-25(30)18(20)2/h8-9,17,21,23-25,28,30-31H,2,6-7,10-16H2,1,3-5H3/b19-8?,20-9-/t17-,21-,23-,24?,25-,27-/m1/s1. The van der Waals surface area contributed by atoms with Crippen LogP contribution in [0, 0.1) is 23.2 Å². The van der Waals surface area contributed by atoms with Gasteiger partial charge in [-0.3, -0.25) is 4.79 Å². The lowest BCUT2D eigenvalue weighted by Crippen LogP contribution is -2.36. The smallest absolute Gasteiger partial charge is 0.136 e. The van der Waals surface area contributed by atoms with Crippen LogP contribution >= 0.6 is 0 Å². The van der Waals surface area contributed by atoms with Crippen molar-refractivity contribution in [1.29, 1.82) is 0 Å². The Hall–Kier alpha value is -1.23. The van der Waals surface area contributed by atoms with Crippen molar-refractivity contribution >= 4 is 5.78 Å². The van der Waals surface area contributed by atoms with Gasteiger partial charge in [0.05, 0.1) is 17.8 Å². The lowest BCUT2D eigenvalue weighted by molar-refractivity contribution is -0.124. The van der Waals surface area contributed by atoms with Crippen molar-refractivity contribution in [2.24, 2.45) is 23.2 Å². The van der Waals surface area contributed by atoms with Gasteiger partial charge in [-0.15, -0.1) is 0 Å². The molecule has 4 nitrogen and oxygen atoms in total. The zero-order valence-corrected chi connectivity index (χ0v) is 19.9. The Labute approximate surface area is 188 Å². The number of allylic oxidation sites excluding steroid dienone is 3. The van der Waals surface area contributed by atoms with E-state index in [0.717, 1.165) is 36.8 Å². The monoisotopic (exact) mass is 430 g/mol. The molecule has 0 aromatic carbocycles. The molecule has 0 aliphatic heterocycles. The summed E-state index contributed by atoms with van der Waals surface area (Å²) in [5.41, 5.74) is 2.45. The third-order valence-corrected chi connectivity index (χ3v) is 8.17. The molecule has 1 unspecified atom stereocenters. The second kappa shape index (κ2) is 9.33. The van der Waals surface area contributed by atoms with E-state index in [1.165, 1.54) is 12.0 Å². The predicted molar refractivity (Wildman–Crippen MR) is 124 cm³/mol. The van der Waals surface area contributed by atoms with Crippen LogP contribution in [0.25, 0.3) is 0 Å². The average Bonchev–Trinajstić information content (AvgIpc) is 2.99. The van der Waals surface area contributed by atoms with Crippen LogP contribution in [0.5, 0.6) is 0 Å². The van der Waals surface area contributed by atoms with Crippen molar-refractivity contribution in [2.45, 2.75) is 103 Å². The van der Waals surface area contributed by atoms with E-state index in [0.29, 0.717) is 37.0 Å². The maximum Gasteiger partial charge on any atom is 0.136 e. The van der Waals surface area contributed by atoms with E-state index in [2.05, 4.69) is 32.6 Å². The number of fused-ring (bicyclic) bond motifs is 1. The zero-order valence-electron chi connectivity index (χ0n) is 19.9. The number of hydrogen-bond donors (Lipinski definition) is 3. The summed E-state index contributed by atoms with van der Waals surface area (Å²) in [7, 11) is 0. The Morgan fingerprint density at radius 1 is 1.29 bits per heavy atom. The molecular weight excluding hydrogens is 388 g/mol. The number of hydrogen-bond acceptors (Lipinski definition) is 4. The van der Waals surface area contributed by atoms with Gasteiger partial charge in [0, 0.05) is 19.3 Å². The van der Waals surface area contributed by atoms with Crippen molar-refractivity contribution in [3.05, 3.63) is 35.5 Å². The first-order chi connectivity index (χ1) is 14.4. The van der Waals surface area contributed by atoms with Gasteiger partial charge in [-0.2, -0.15) is 0 Å². The molecule has 0 bridgehead atoms. The van der Waals surface area contributed by atoms with Crippen molar-refractivity contribution < 1.29 is 20.1 Å². The van der Waals surface area contributed by atoms with Crippen LogP contribution in [0.15, 0.2) is 35.5 Å². The number of rotatable bonds is 6. The van der Waals surface area contributed by atoms with Crippen LogP contribution in [0.2, 0.25) is 0 Å². The summed E-state index contributed by atoms with van der Waals surface area (Å²) in [4.78, 5) is 12.5. The maximum atomic E-state index is 12.5. The summed E-state index contributed by atoms with van der Waals surface area (Å²) in [5.74, 6) is 1.54.